The van der Waals surface area contributed by atoms with Crippen LogP contribution in [0, 0.1) is 0 Å². The fourth-order valence-corrected chi connectivity index (χ4v) is 4.42. The Hall–Kier alpha value is -0.620. The maximum atomic E-state index is 11.0. The molecular weight excluding hydrogens is 347 g/mol. The van der Waals surface area contributed by atoms with Crippen LogP contribution in [0.2, 0.25) is 4.34 Å². The predicted octanol–water partition coefficient (Wildman–Crippen LogP) is 1.09. The zero-order chi connectivity index (χ0) is 14.8. The molecular formula is C16H10ClNaO2S2. The second kappa shape index (κ2) is 7.77. The van der Waals surface area contributed by atoms with E-state index in [1.165, 1.54) is 22.7 Å². The summed E-state index contributed by atoms with van der Waals surface area (Å²) in [6.45, 7) is 0. The van der Waals surface area contributed by atoms with Crippen molar-refractivity contribution in [2.45, 2.75) is 6.42 Å². The average molecular weight is 357 g/mol. The van der Waals surface area contributed by atoms with Gasteiger partial charge < -0.3 is 9.90 Å². The smallest absolute Gasteiger partial charge is 0.550 e. The van der Waals surface area contributed by atoms with Crippen LogP contribution in [0.4, 0.5) is 0 Å². The van der Waals surface area contributed by atoms with E-state index in [-0.39, 0.29) is 36.0 Å². The van der Waals surface area contributed by atoms with Crippen molar-refractivity contribution in [3.05, 3.63) is 57.7 Å². The van der Waals surface area contributed by atoms with Gasteiger partial charge in [-0.3, -0.25) is 0 Å². The van der Waals surface area contributed by atoms with Crippen LogP contribution < -0.4 is 34.7 Å². The van der Waals surface area contributed by atoms with E-state index in [9.17, 15) is 9.90 Å². The summed E-state index contributed by atoms with van der Waals surface area (Å²) in [5.74, 6) is -1.07. The minimum atomic E-state index is -1.07. The molecule has 0 aliphatic carbocycles. The maximum Gasteiger partial charge on any atom is 1.00 e. The summed E-state index contributed by atoms with van der Waals surface area (Å²) in [7, 11) is 0. The van der Waals surface area contributed by atoms with Gasteiger partial charge in [-0.05, 0) is 23.8 Å². The molecule has 3 aromatic rings. The Morgan fingerprint density at radius 2 is 1.77 bits per heavy atom. The number of hydrogen-bond acceptors (Lipinski definition) is 4. The third kappa shape index (κ3) is 4.02. The Balaban J connectivity index is 0.00000176. The number of carbonyl (C=O) groups is 1. The van der Waals surface area contributed by atoms with Gasteiger partial charge in [0.25, 0.3) is 0 Å². The van der Waals surface area contributed by atoms with Crippen molar-refractivity contribution < 1.29 is 39.5 Å². The number of benzene rings is 1. The van der Waals surface area contributed by atoms with Gasteiger partial charge in [-0.1, -0.05) is 41.9 Å². The molecule has 1 aromatic carbocycles. The van der Waals surface area contributed by atoms with Crippen LogP contribution >= 0.6 is 34.3 Å². The molecule has 3 rings (SSSR count). The first-order valence-corrected chi connectivity index (χ1v) is 8.28. The zero-order valence-electron chi connectivity index (χ0n) is 11.8. The van der Waals surface area contributed by atoms with E-state index >= 15 is 0 Å². The monoisotopic (exact) mass is 356 g/mol. The van der Waals surface area contributed by atoms with Crippen LogP contribution in [0.5, 0.6) is 0 Å². The molecule has 0 fully saturated rings. The molecule has 22 heavy (non-hydrogen) atoms. The average Bonchev–Trinajstić information content (AvgIpc) is 3.05. The Kier molecular flexibility index (Phi) is 6.26. The molecule has 0 aliphatic rings. The first kappa shape index (κ1) is 17.7. The molecule has 0 radical (unpaired) electrons. The molecule has 2 nitrogen and oxygen atoms in total. The minimum absolute atomic E-state index is 0. The molecule has 0 bridgehead atoms. The van der Waals surface area contributed by atoms with Crippen molar-refractivity contribution in [3.63, 3.8) is 0 Å². The van der Waals surface area contributed by atoms with Crippen molar-refractivity contribution in [2.75, 3.05) is 0 Å². The van der Waals surface area contributed by atoms with Gasteiger partial charge in [0.15, 0.2) is 0 Å². The van der Waals surface area contributed by atoms with Crippen molar-refractivity contribution in [2.24, 2.45) is 0 Å². The normalized spacial score (nSPS) is 10.2. The number of thiophene rings is 2. The van der Waals surface area contributed by atoms with Gasteiger partial charge in [0.05, 0.1) is 4.34 Å². The number of carbonyl (C=O) groups excluding carboxylic acids is 1. The summed E-state index contributed by atoms with van der Waals surface area (Å²) in [4.78, 5) is 13.8. The quantitative estimate of drug-likeness (QED) is 0.657. The van der Waals surface area contributed by atoms with Crippen LogP contribution in [-0.4, -0.2) is 5.97 Å². The molecule has 2 aromatic heterocycles. The van der Waals surface area contributed by atoms with Gasteiger partial charge in [0, 0.05) is 32.6 Å². The molecule has 0 atom stereocenters. The SMILES string of the molecule is O=C([O-])Cc1sc(-c2ccccc2)cc1-c1ccc(Cl)s1.[Na+]. The topological polar surface area (TPSA) is 40.1 Å². The summed E-state index contributed by atoms with van der Waals surface area (Å²) in [6.07, 6.45) is -0.0810. The van der Waals surface area contributed by atoms with E-state index in [1.807, 2.05) is 48.5 Å². The van der Waals surface area contributed by atoms with Crippen LogP contribution in [0.25, 0.3) is 20.9 Å². The van der Waals surface area contributed by atoms with Crippen LogP contribution in [0.3, 0.4) is 0 Å². The van der Waals surface area contributed by atoms with Crippen molar-refractivity contribution in [1.29, 1.82) is 0 Å². The van der Waals surface area contributed by atoms with E-state index < -0.39 is 5.97 Å². The number of aliphatic carboxylic acids is 1. The van der Waals surface area contributed by atoms with Crippen LogP contribution in [0.1, 0.15) is 4.88 Å². The molecule has 0 saturated heterocycles. The number of hydrogen-bond donors (Lipinski definition) is 0. The van der Waals surface area contributed by atoms with Gasteiger partial charge in [0.2, 0.25) is 0 Å². The first-order valence-electron chi connectivity index (χ1n) is 6.27. The van der Waals surface area contributed by atoms with E-state index in [2.05, 4.69) is 0 Å². The van der Waals surface area contributed by atoms with Crippen molar-refractivity contribution in [1.82, 2.24) is 0 Å². The molecule has 0 aliphatic heterocycles. The Bertz CT molecular complexity index is 781. The largest absolute Gasteiger partial charge is 1.00 e. The number of carboxylic acids is 1. The maximum absolute atomic E-state index is 11.0. The predicted molar refractivity (Wildman–Crippen MR) is 86.8 cm³/mol. The summed E-state index contributed by atoms with van der Waals surface area (Å²) in [5, 5.41) is 11.0. The third-order valence-electron chi connectivity index (χ3n) is 3.01. The molecule has 0 saturated carbocycles. The summed E-state index contributed by atoms with van der Waals surface area (Å²) >= 11 is 8.92. The van der Waals surface area contributed by atoms with Crippen LogP contribution in [0.15, 0.2) is 48.5 Å². The standard InChI is InChI=1S/C16H11ClO2S2.Na/c17-15-7-6-12(21-15)11-8-13(10-4-2-1-3-5-10)20-14(11)9-16(18)19;/h1-8H,9H2,(H,18,19);/q;+1/p-1. The zero-order valence-corrected chi connectivity index (χ0v) is 16.2. The van der Waals surface area contributed by atoms with Crippen molar-refractivity contribution in [3.8, 4) is 20.9 Å². The fourth-order valence-electron chi connectivity index (χ4n) is 2.10. The fraction of sp³-hybridized carbons (Fsp3) is 0.0625. The third-order valence-corrected chi connectivity index (χ3v) is 5.46. The van der Waals surface area contributed by atoms with E-state index in [0.29, 0.717) is 4.34 Å². The molecule has 0 spiro atoms. The van der Waals surface area contributed by atoms with E-state index in [4.69, 9.17) is 11.6 Å². The van der Waals surface area contributed by atoms with Crippen molar-refractivity contribution >= 4 is 40.2 Å². The van der Waals surface area contributed by atoms with E-state index in [0.717, 1.165) is 25.8 Å². The molecule has 6 heteroatoms. The Labute approximate surface area is 163 Å². The van der Waals surface area contributed by atoms with Gasteiger partial charge >= 0.3 is 29.6 Å². The number of carboxylic acid groups (broad SMARTS) is 1. The Morgan fingerprint density at radius 1 is 1.05 bits per heavy atom. The van der Waals surface area contributed by atoms with Gasteiger partial charge in [-0.15, -0.1) is 22.7 Å². The van der Waals surface area contributed by atoms with Gasteiger partial charge in [0.1, 0.15) is 0 Å². The molecule has 0 N–H and O–H groups in total. The second-order valence-electron chi connectivity index (χ2n) is 4.47. The Morgan fingerprint density at radius 3 is 2.36 bits per heavy atom. The molecule has 0 amide bonds. The summed E-state index contributed by atoms with van der Waals surface area (Å²) < 4.78 is 0.692. The molecule has 0 unspecified atom stereocenters. The summed E-state index contributed by atoms with van der Waals surface area (Å²) in [6, 6.07) is 15.7. The summed E-state index contributed by atoms with van der Waals surface area (Å²) in [5.41, 5.74) is 2.01. The number of rotatable bonds is 4. The second-order valence-corrected chi connectivity index (χ2v) is 7.32. The molecule has 2 heterocycles. The van der Waals surface area contributed by atoms with Crippen LogP contribution in [-0.2, 0) is 11.2 Å². The van der Waals surface area contributed by atoms with Gasteiger partial charge in [-0.25, -0.2) is 0 Å². The first-order chi connectivity index (χ1) is 10.1. The molecule has 106 valence electrons. The van der Waals surface area contributed by atoms with E-state index in [1.54, 1.807) is 0 Å². The van der Waals surface area contributed by atoms with Gasteiger partial charge in [-0.2, -0.15) is 0 Å². The number of halogens is 1. The minimum Gasteiger partial charge on any atom is -0.550 e.